The zero-order valence-electron chi connectivity index (χ0n) is 11.2. The second kappa shape index (κ2) is 5.22. The fourth-order valence-electron chi connectivity index (χ4n) is 2.66. The number of nitrogens with zero attached hydrogens (tertiary/aromatic N) is 3. The average Bonchev–Trinajstić information content (AvgIpc) is 3.22. The zero-order chi connectivity index (χ0) is 12.4. The predicted octanol–water partition coefficient (Wildman–Crippen LogP) is 1.54. The van der Waals surface area contributed by atoms with Crippen LogP contribution in [-0.2, 0) is 12.8 Å². The van der Waals surface area contributed by atoms with E-state index in [2.05, 4.69) is 27.2 Å². The molecule has 1 aromatic heterocycles. The molecule has 0 radical (unpaired) electrons. The van der Waals surface area contributed by atoms with Gasteiger partial charge in [0.25, 0.3) is 0 Å². The third-order valence-corrected chi connectivity index (χ3v) is 3.92. The molecule has 1 aromatic rings. The number of aromatic nitrogens is 2. The Balaban J connectivity index is 1.65. The summed E-state index contributed by atoms with van der Waals surface area (Å²) in [6.07, 6.45) is 9.26. The first-order valence-corrected chi connectivity index (χ1v) is 7.12. The van der Waals surface area contributed by atoms with E-state index in [0.29, 0.717) is 0 Å². The van der Waals surface area contributed by atoms with Crippen LogP contribution in [0, 0.1) is 0 Å². The number of likely N-dealkylation sites (N-methyl/N-ethyl adjacent to an activating group) is 1. The largest absolute Gasteiger partial charge is 0.358 e. The molecule has 1 N–H and O–H groups in total. The maximum absolute atomic E-state index is 4.49. The minimum absolute atomic E-state index is 0.790. The van der Waals surface area contributed by atoms with E-state index in [1.54, 1.807) is 6.33 Å². The lowest BCUT2D eigenvalue weighted by molar-refractivity contribution is 0.646. The molecule has 1 heterocycles. The number of nitrogens with one attached hydrogen (secondary N) is 1. The maximum Gasteiger partial charge on any atom is 0.135 e. The summed E-state index contributed by atoms with van der Waals surface area (Å²) in [6.45, 7) is 2.08. The van der Waals surface area contributed by atoms with Crippen molar-refractivity contribution in [2.24, 2.45) is 0 Å². The van der Waals surface area contributed by atoms with Crippen LogP contribution in [0.25, 0.3) is 0 Å². The molecule has 0 saturated heterocycles. The van der Waals surface area contributed by atoms with Crippen LogP contribution in [0.15, 0.2) is 6.33 Å². The normalized spacial score (nSPS) is 18.5. The van der Waals surface area contributed by atoms with Crippen molar-refractivity contribution in [1.82, 2.24) is 15.3 Å². The lowest BCUT2D eigenvalue weighted by Gasteiger charge is -2.24. The summed E-state index contributed by atoms with van der Waals surface area (Å²) in [5, 5.41) is 3.55. The third kappa shape index (κ3) is 2.64. The Labute approximate surface area is 109 Å². The van der Waals surface area contributed by atoms with Gasteiger partial charge in [-0.05, 0) is 38.5 Å². The molecule has 0 atom stereocenters. The van der Waals surface area contributed by atoms with Gasteiger partial charge < -0.3 is 10.2 Å². The summed E-state index contributed by atoms with van der Waals surface area (Å²) in [5.74, 6) is 1.15. The van der Waals surface area contributed by atoms with E-state index < -0.39 is 0 Å². The summed E-state index contributed by atoms with van der Waals surface area (Å²) in [5.41, 5.74) is 2.66. The molecule has 3 rings (SSSR count). The van der Waals surface area contributed by atoms with Crippen LogP contribution in [0.1, 0.15) is 36.9 Å². The Morgan fingerprint density at radius 1 is 1.28 bits per heavy atom. The van der Waals surface area contributed by atoms with Gasteiger partial charge in [-0.2, -0.15) is 0 Å². The van der Waals surface area contributed by atoms with Gasteiger partial charge >= 0.3 is 0 Å². The van der Waals surface area contributed by atoms with Gasteiger partial charge in [0.05, 0.1) is 0 Å². The number of rotatable bonds is 5. The molecule has 18 heavy (non-hydrogen) atoms. The van der Waals surface area contributed by atoms with E-state index in [-0.39, 0.29) is 0 Å². The van der Waals surface area contributed by atoms with Gasteiger partial charge in [-0.1, -0.05) is 0 Å². The van der Waals surface area contributed by atoms with Crippen molar-refractivity contribution in [2.45, 2.75) is 44.6 Å². The first-order valence-electron chi connectivity index (χ1n) is 7.12. The molecule has 4 heteroatoms. The number of hydrogen-bond acceptors (Lipinski definition) is 4. The Morgan fingerprint density at radius 2 is 2.11 bits per heavy atom. The fraction of sp³-hybridized carbons (Fsp3) is 0.714. The second-order valence-electron chi connectivity index (χ2n) is 5.48. The molecular weight excluding hydrogens is 224 g/mol. The third-order valence-electron chi connectivity index (χ3n) is 3.92. The van der Waals surface area contributed by atoms with Crippen molar-refractivity contribution < 1.29 is 0 Å². The van der Waals surface area contributed by atoms with Gasteiger partial charge in [0, 0.05) is 37.4 Å². The van der Waals surface area contributed by atoms with E-state index >= 15 is 0 Å². The van der Waals surface area contributed by atoms with E-state index in [1.807, 2.05) is 0 Å². The lowest BCUT2D eigenvalue weighted by atomic mass is 9.96. The first kappa shape index (κ1) is 11.9. The summed E-state index contributed by atoms with van der Waals surface area (Å²) in [4.78, 5) is 11.2. The smallest absolute Gasteiger partial charge is 0.135 e. The topological polar surface area (TPSA) is 41.0 Å². The molecule has 0 unspecified atom stereocenters. The number of fused-ring (bicyclic) bond motifs is 1. The van der Waals surface area contributed by atoms with Crippen LogP contribution in [0.4, 0.5) is 5.82 Å². The predicted molar refractivity (Wildman–Crippen MR) is 73.0 cm³/mol. The highest BCUT2D eigenvalue weighted by molar-refractivity contribution is 5.48. The summed E-state index contributed by atoms with van der Waals surface area (Å²) >= 11 is 0. The zero-order valence-corrected chi connectivity index (χ0v) is 11.2. The van der Waals surface area contributed by atoms with E-state index in [1.165, 1.54) is 36.9 Å². The van der Waals surface area contributed by atoms with E-state index in [0.717, 1.165) is 37.8 Å². The second-order valence-corrected chi connectivity index (χ2v) is 5.48. The standard InChI is InChI=1S/C14H22N4/c1-18(9-8-15-11-6-7-11)14-12-4-2-3-5-13(12)16-10-17-14/h10-11,15H,2-9H2,1H3. The number of anilines is 1. The monoisotopic (exact) mass is 246 g/mol. The minimum Gasteiger partial charge on any atom is -0.358 e. The van der Waals surface area contributed by atoms with E-state index in [9.17, 15) is 0 Å². The van der Waals surface area contributed by atoms with Crippen molar-refractivity contribution >= 4 is 5.82 Å². The van der Waals surface area contributed by atoms with Crippen molar-refractivity contribution in [3.05, 3.63) is 17.6 Å². The van der Waals surface area contributed by atoms with Gasteiger partial charge in [0.15, 0.2) is 0 Å². The van der Waals surface area contributed by atoms with Crippen molar-refractivity contribution in [3.63, 3.8) is 0 Å². The molecule has 0 amide bonds. The Morgan fingerprint density at radius 3 is 2.94 bits per heavy atom. The summed E-state index contributed by atoms with van der Waals surface area (Å²) in [6, 6.07) is 0.790. The molecule has 98 valence electrons. The molecule has 1 saturated carbocycles. The van der Waals surface area contributed by atoms with Gasteiger partial charge in [0.2, 0.25) is 0 Å². The molecular formula is C14H22N4. The van der Waals surface area contributed by atoms with Crippen molar-refractivity contribution in [2.75, 3.05) is 25.0 Å². The van der Waals surface area contributed by atoms with Crippen LogP contribution in [0.3, 0.4) is 0 Å². The van der Waals surface area contributed by atoms with Crippen molar-refractivity contribution in [1.29, 1.82) is 0 Å². The summed E-state index contributed by atoms with van der Waals surface area (Å²) in [7, 11) is 2.14. The van der Waals surface area contributed by atoms with Gasteiger partial charge in [0.1, 0.15) is 12.1 Å². The minimum atomic E-state index is 0.790. The molecule has 0 bridgehead atoms. The fourth-order valence-corrected chi connectivity index (χ4v) is 2.66. The molecule has 2 aliphatic carbocycles. The van der Waals surface area contributed by atoms with Crippen LogP contribution in [0.5, 0.6) is 0 Å². The van der Waals surface area contributed by atoms with E-state index in [4.69, 9.17) is 0 Å². The SMILES string of the molecule is CN(CCNC1CC1)c1ncnc2c1CCCC2. The highest BCUT2D eigenvalue weighted by atomic mass is 15.2. The average molecular weight is 246 g/mol. The molecule has 0 spiro atoms. The molecule has 2 aliphatic rings. The molecule has 4 nitrogen and oxygen atoms in total. The summed E-state index contributed by atoms with van der Waals surface area (Å²) < 4.78 is 0. The Kier molecular flexibility index (Phi) is 3.46. The van der Waals surface area contributed by atoms with Crippen LogP contribution in [0.2, 0.25) is 0 Å². The lowest BCUT2D eigenvalue weighted by Crippen LogP contribution is -2.31. The van der Waals surface area contributed by atoms with Gasteiger partial charge in [-0.25, -0.2) is 9.97 Å². The highest BCUT2D eigenvalue weighted by Crippen LogP contribution is 2.26. The Hall–Kier alpha value is -1.16. The van der Waals surface area contributed by atoms with Crippen LogP contribution < -0.4 is 10.2 Å². The van der Waals surface area contributed by atoms with Gasteiger partial charge in [-0.15, -0.1) is 0 Å². The number of hydrogen-bond donors (Lipinski definition) is 1. The number of aryl methyl sites for hydroxylation is 1. The molecule has 1 fully saturated rings. The van der Waals surface area contributed by atoms with Gasteiger partial charge in [-0.3, -0.25) is 0 Å². The van der Waals surface area contributed by atoms with Crippen LogP contribution >= 0.6 is 0 Å². The first-order chi connectivity index (χ1) is 8.84. The quantitative estimate of drug-likeness (QED) is 0.855. The van der Waals surface area contributed by atoms with Crippen LogP contribution in [-0.4, -0.2) is 36.1 Å². The Bertz CT molecular complexity index is 414. The molecule has 0 aromatic carbocycles. The van der Waals surface area contributed by atoms with Crippen molar-refractivity contribution in [3.8, 4) is 0 Å². The maximum atomic E-state index is 4.49. The highest BCUT2D eigenvalue weighted by Gasteiger charge is 2.21. The molecule has 0 aliphatic heterocycles.